The number of hydrogen-bond donors (Lipinski definition) is 1. The maximum Gasteiger partial charge on any atom is 0.270 e. The number of non-ortho nitro benzene ring substituents is 1. The lowest BCUT2D eigenvalue weighted by Crippen LogP contribution is -2.04. The van der Waals surface area contributed by atoms with E-state index in [-0.39, 0.29) is 22.1 Å². The standard InChI is InChI=1S/C19H12Cl2N4O2/c1-10-17(14-8-13(25(26)27)5-6-16(14)21)15(9-22)19(23)24-18(10)11-3-2-4-12(20)7-11/h2-8H,1H3,(H2,23,24). The summed E-state index contributed by atoms with van der Waals surface area (Å²) in [5.41, 5.74) is 8.59. The SMILES string of the molecule is Cc1c(-c2cccc(Cl)c2)nc(N)c(C#N)c1-c1cc([N+](=O)[O-])ccc1Cl. The first-order valence-corrected chi connectivity index (χ1v) is 8.49. The van der Waals surface area contributed by atoms with E-state index >= 15 is 0 Å². The molecule has 27 heavy (non-hydrogen) atoms. The summed E-state index contributed by atoms with van der Waals surface area (Å²) in [5, 5.41) is 21.6. The predicted molar refractivity (Wildman–Crippen MR) is 106 cm³/mol. The van der Waals surface area contributed by atoms with Gasteiger partial charge >= 0.3 is 0 Å². The second-order valence-corrected chi connectivity index (χ2v) is 6.61. The van der Waals surface area contributed by atoms with Crippen LogP contribution in [-0.2, 0) is 0 Å². The molecule has 3 aromatic rings. The van der Waals surface area contributed by atoms with Gasteiger partial charge in [-0.1, -0.05) is 35.3 Å². The largest absolute Gasteiger partial charge is 0.383 e. The molecule has 2 aromatic carbocycles. The molecule has 1 aromatic heterocycles. The van der Waals surface area contributed by atoms with Crippen LogP contribution in [0.15, 0.2) is 42.5 Å². The molecule has 0 unspecified atom stereocenters. The van der Waals surface area contributed by atoms with Crippen molar-refractivity contribution in [3.63, 3.8) is 0 Å². The van der Waals surface area contributed by atoms with Crippen LogP contribution in [0, 0.1) is 28.4 Å². The molecule has 0 spiro atoms. The Hall–Kier alpha value is -3.14. The van der Waals surface area contributed by atoms with Crippen molar-refractivity contribution >= 4 is 34.7 Å². The lowest BCUT2D eigenvalue weighted by Gasteiger charge is -2.16. The van der Waals surface area contributed by atoms with E-state index in [1.807, 2.05) is 12.1 Å². The van der Waals surface area contributed by atoms with E-state index in [0.29, 0.717) is 33.0 Å². The fourth-order valence-corrected chi connectivity index (χ4v) is 3.28. The smallest absolute Gasteiger partial charge is 0.270 e. The van der Waals surface area contributed by atoms with E-state index in [1.165, 1.54) is 18.2 Å². The number of pyridine rings is 1. The zero-order valence-corrected chi connectivity index (χ0v) is 15.5. The van der Waals surface area contributed by atoms with E-state index in [0.717, 1.165) is 0 Å². The van der Waals surface area contributed by atoms with E-state index in [4.69, 9.17) is 28.9 Å². The lowest BCUT2D eigenvalue weighted by atomic mass is 9.92. The normalized spacial score (nSPS) is 10.4. The number of halogens is 2. The van der Waals surface area contributed by atoms with Crippen molar-refractivity contribution in [2.24, 2.45) is 0 Å². The second kappa shape index (κ2) is 7.23. The van der Waals surface area contributed by atoms with Crippen LogP contribution in [0.4, 0.5) is 11.5 Å². The fraction of sp³-hybridized carbons (Fsp3) is 0.0526. The molecular formula is C19H12Cl2N4O2. The average molecular weight is 399 g/mol. The summed E-state index contributed by atoms with van der Waals surface area (Å²) in [4.78, 5) is 15.0. The topological polar surface area (TPSA) is 106 Å². The van der Waals surface area contributed by atoms with Gasteiger partial charge in [0.25, 0.3) is 5.69 Å². The van der Waals surface area contributed by atoms with Crippen molar-refractivity contribution in [1.82, 2.24) is 4.98 Å². The molecule has 0 aliphatic carbocycles. The van der Waals surface area contributed by atoms with Gasteiger partial charge < -0.3 is 5.73 Å². The Morgan fingerprint density at radius 3 is 2.59 bits per heavy atom. The number of nitro benzene ring substituents is 1. The number of nitriles is 1. The molecule has 0 amide bonds. The first-order valence-electron chi connectivity index (χ1n) is 7.74. The number of nitrogens with two attached hydrogens (primary N) is 1. The molecule has 2 N–H and O–H groups in total. The van der Waals surface area contributed by atoms with Gasteiger partial charge in [0.1, 0.15) is 17.5 Å². The molecule has 0 fully saturated rings. The Balaban J connectivity index is 2.38. The summed E-state index contributed by atoms with van der Waals surface area (Å²) < 4.78 is 0. The van der Waals surface area contributed by atoms with E-state index in [2.05, 4.69) is 4.98 Å². The van der Waals surface area contributed by atoms with Gasteiger partial charge in [0.05, 0.1) is 10.6 Å². The number of nitro groups is 1. The Morgan fingerprint density at radius 1 is 1.22 bits per heavy atom. The molecule has 0 bridgehead atoms. The molecule has 0 saturated heterocycles. The fourth-order valence-electron chi connectivity index (χ4n) is 2.88. The van der Waals surface area contributed by atoms with Crippen molar-refractivity contribution in [1.29, 1.82) is 5.26 Å². The third kappa shape index (κ3) is 3.43. The first kappa shape index (κ1) is 18.6. The van der Waals surface area contributed by atoms with E-state index in [1.54, 1.807) is 25.1 Å². The van der Waals surface area contributed by atoms with Crippen molar-refractivity contribution < 1.29 is 4.92 Å². The zero-order valence-electron chi connectivity index (χ0n) is 14.0. The van der Waals surface area contributed by atoms with Gasteiger partial charge in [0.15, 0.2) is 0 Å². The minimum atomic E-state index is -0.524. The van der Waals surface area contributed by atoms with Crippen LogP contribution in [0.1, 0.15) is 11.1 Å². The van der Waals surface area contributed by atoms with Crippen molar-refractivity contribution in [2.75, 3.05) is 5.73 Å². The highest BCUT2D eigenvalue weighted by Crippen LogP contribution is 2.40. The molecule has 0 atom stereocenters. The highest BCUT2D eigenvalue weighted by Gasteiger charge is 2.22. The molecule has 1 heterocycles. The highest BCUT2D eigenvalue weighted by atomic mass is 35.5. The molecule has 6 nitrogen and oxygen atoms in total. The molecular weight excluding hydrogens is 387 g/mol. The summed E-state index contributed by atoms with van der Waals surface area (Å²) >= 11 is 12.4. The van der Waals surface area contributed by atoms with Crippen LogP contribution >= 0.6 is 23.2 Å². The third-order valence-corrected chi connectivity index (χ3v) is 4.67. The molecule has 3 rings (SSSR count). The minimum Gasteiger partial charge on any atom is -0.383 e. The van der Waals surface area contributed by atoms with Gasteiger partial charge in [-0.25, -0.2) is 4.98 Å². The number of benzene rings is 2. The highest BCUT2D eigenvalue weighted by molar-refractivity contribution is 6.33. The summed E-state index contributed by atoms with van der Waals surface area (Å²) in [6.07, 6.45) is 0. The van der Waals surface area contributed by atoms with Crippen molar-refractivity contribution in [2.45, 2.75) is 6.92 Å². The molecule has 0 aliphatic rings. The number of aromatic nitrogens is 1. The molecule has 0 aliphatic heterocycles. The number of nitrogens with zero attached hydrogens (tertiary/aromatic N) is 3. The summed E-state index contributed by atoms with van der Waals surface area (Å²) in [7, 11) is 0. The average Bonchev–Trinajstić information content (AvgIpc) is 2.63. The van der Waals surface area contributed by atoms with Gasteiger partial charge in [-0.15, -0.1) is 0 Å². The summed E-state index contributed by atoms with van der Waals surface area (Å²) in [6.45, 7) is 1.76. The minimum absolute atomic E-state index is 0.00986. The molecule has 134 valence electrons. The van der Waals surface area contributed by atoms with Crippen molar-refractivity contribution in [3.8, 4) is 28.5 Å². The van der Waals surface area contributed by atoms with Crippen LogP contribution in [0.5, 0.6) is 0 Å². The first-order chi connectivity index (χ1) is 12.8. The molecule has 0 saturated carbocycles. The Labute approximate surface area is 164 Å². The van der Waals surface area contributed by atoms with E-state index in [9.17, 15) is 15.4 Å². The van der Waals surface area contributed by atoms with Gasteiger partial charge in [-0.3, -0.25) is 10.1 Å². The van der Waals surface area contributed by atoms with Crippen LogP contribution in [0.25, 0.3) is 22.4 Å². The van der Waals surface area contributed by atoms with Gasteiger partial charge in [0.2, 0.25) is 0 Å². The molecule has 8 heteroatoms. The van der Waals surface area contributed by atoms with Crippen molar-refractivity contribution in [3.05, 3.63) is 73.8 Å². The number of rotatable bonds is 3. The quantitative estimate of drug-likeness (QED) is 0.469. The van der Waals surface area contributed by atoms with E-state index < -0.39 is 4.92 Å². The predicted octanol–water partition coefficient (Wildman–Crippen LogP) is 5.39. The van der Waals surface area contributed by atoms with Crippen LogP contribution in [0.3, 0.4) is 0 Å². The zero-order chi connectivity index (χ0) is 19.7. The summed E-state index contributed by atoms with van der Waals surface area (Å²) in [5.74, 6) is 0.00986. The monoisotopic (exact) mass is 398 g/mol. The number of hydrogen-bond acceptors (Lipinski definition) is 5. The Kier molecular flexibility index (Phi) is 5.00. The van der Waals surface area contributed by atoms with Crippen LogP contribution < -0.4 is 5.73 Å². The van der Waals surface area contributed by atoms with Crippen LogP contribution in [0.2, 0.25) is 10.0 Å². The maximum absolute atomic E-state index is 11.2. The Morgan fingerprint density at radius 2 is 1.96 bits per heavy atom. The maximum atomic E-state index is 11.2. The lowest BCUT2D eigenvalue weighted by molar-refractivity contribution is -0.384. The van der Waals surface area contributed by atoms with Gasteiger partial charge in [0, 0.05) is 38.9 Å². The summed E-state index contributed by atoms with van der Waals surface area (Å²) in [6, 6.07) is 13.1. The molecule has 0 radical (unpaired) electrons. The third-order valence-electron chi connectivity index (χ3n) is 4.11. The van der Waals surface area contributed by atoms with Gasteiger partial charge in [-0.2, -0.15) is 5.26 Å². The number of anilines is 1. The van der Waals surface area contributed by atoms with Gasteiger partial charge in [-0.05, 0) is 30.7 Å². The van der Waals surface area contributed by atoms with Crippen LogP contribution in [-0.4, -0.2) is 9.91 Å². The Bertz CT molecular complexity index is 1120. The number of nitrogen functional groups attached to an aromatic ring is 1. The second-order valence-electron chi connectivity index (χ2n) is 5.76.